The van der Waals surface area contributed by atoms with Gasteiger partial charge in [0.05, 0.1) is 6.20 Å². The fraction of sp³-hybridized carbons (Fsp3) is 0.100. The molecular formula is C10H9FN2O2. The van der Waals surface area contributed by atoms with Crippen LogP contribution >= 0.6 is 0 Å². The van der Waals surface area contributed by atoms with Crippen molar-refractivity contribution in [2.45, 2.75) is 6.61 Å². The maximum atomic E-state index is 13.2. The van der Waals surface area contributed by atoms with Crippen molar-refractivity contribution in [3.05, 3.63) is 42.0 Å². The molecule has 0 aliphatic rings. The molecule has 2 aromatic rings. The Hall–Kier alpha value is -2.04. The van der Waals surface area contributed by atoms with Crippen molar-refractivity contribution in [3.63, 3.8) is 0 Å². The molecule has 0 unspecified atom stereocenters. The van der Waals surface area contributed by atoms with Gasteiger partial charge in [-0.2, -0.15) is 0 Å². The highest BCUT2D eigenvalue weighted by Crippen LogP contribution is 2.20. The van der Waals surface area contributed by atoms with Crippen molar-refractivity contribution in [1.29, 1.82) is 0 Å². The van der Waals surface area contributed by atoms with Gasteiger partial charge < -0.3 is 15.0 Å². The Morgan fingerprint density at radius 2 is 2.33 bits per heavy atom. The molecule has 5 heteroatoms. The molecule has 0 saturated carbocycles. The quantitative estimate of drug-likeness (QED) is 0.783. The van der Waals surface area contributed by atoms with Crippen molar-refractivity contribution in [2.24, 2.45) is 0 Å². The fourth-order valence-electron chi connectivity index (χ4n) is 1.09. The van der Waals surface area contributed by atoms with Crippen LogP contribution in [-0.2, 0) is 6.61 Å². The van der Waals surface area contributed by atoms with Crippen LogP contribution in [0.25, 0.3) is 0 Å². The summed E-state index contributed by atoms with van der Waals surface area (Å²) in [5.41, 5.74) is 6.51. The molecule has 0 spiro atoms. The van der Waals surface area contributed by atoms with Gasteiger partial charge in [-0.05, 0) is 12.1 Å². The summed E-state index contributed by atoms with van der Waals surface area (Å²) in [4.78, 5) is 0. The Morgan fingerprint density at radius 1 is 1.47 bits per heavy atom. The highest BCUT2D eigenvalue weighted by atomic mass is 19.1. The lowest BCUT2D eigenvalue weighted by Gasteiger charge is -2.05. The van der Waals surface area contributed by atoms with Gasteiger partial charge in [0.25, 0.3) is 0 Å². The molecule has 78 valence electrons. The van der Waals surface area contributed by atoms with Crippen LogP contribution in [0.2, 0.25) is 0 Å². The number of benzene rings is 1. The lowest BCUT2D eigenvalue weighted by molar-refractivity contribution is 0.289. The Morgan fingerprint density at radius 3 is 3.00 bits per heavy atom. The fourth-order valence-corrected chi connectivity index (χ4v) is 1.09. The van der Waals surface area contributed by atoms with E-state index in [1.807, 2.05) is 0 Å². The highest BCUT2D eigenvalue weighted by molar-refractivity contribution is 5.42. The number of ether oxygens (including phenoxy) is 1. The summed E-state index contributed by atoms with van der Waals surface area (Å²) in [5.74, 6) is -0.322. The number of nitrogens with two attached hydrogens (primary N) is 1. The number of halogens is 1. The summed E-state index contributed by atoms with van der Waals surface area (Å²) in [7, 11) is 0. The molecule has 0 aliphatic heterocycles. The van der Waals surface area contributed by atoms with Crippen LogP contribution in [0.5, 0.6) is 5.75 Å². The molecule has 0 saturated heterocycles. The molecule has 15 heavy (non-hydrogen) atoms. The van der Waals surface area contributed by atoms with Crippen LogP contribution in [0.1, 0.15) is 5.56 Å². The normalized spacial score (nSPS) is 10.2. The zero-order valence-corrected chi connectivity index (χ0v) is 7.81. The largest absolute Gasteiger partial charge is 0.486 e. The van der Waals surface area contributed by atoms with E-state index >= 15 is 0 Å². The van der Waals surface area contributed by atoms with Gasteiger partial charge in [0, 0.05) is 17.3 Å². The maximum absolute atomic E-state index is 13.2. The molecule has 0 bridgehead atoms. The van der Waals surface area contributed by atoms with Gasteiger partial charge in [-0.25, -0.2) is 4.39 Å². The van der Waals surface area contributed by atoms with E-state index in [9.17, 15) is 4.39 Å². The van der Waals surface area contributed by atoms with Gasteiger partial charge in [0.15, 0.2) is 11.6 Å². The van der Waals surface area contributed by atoms with E-state index in [-0.39, 0.29) is 12.4 Å². The van der Waals surface area contributed by atoms with Gasteiger partial charge in [-0.15, -0.1) is 0 Å². The number of anilines is 1. The lowest BCUT2D eigenvalue weighted by Crippen LogP contribution is -1.97. The topological polar surface area (TPSA) is 61.3 Å². The van der Waals surface area contributed by atoms with E-state index in [4.69, 9.17) is 10.5 Å². The minimum absolute atomic E-state index is 0.158. The number of nitrogen functional groups attached to an aromatic ring is 1. The molecule has 1 aromatic heterocycles. The van der Waals surface area contributed by atoms with Gasteiger partial charge >= 0.3 is 0 Å². The summed E-state index contributed by atoms with van der Waals surface area (Å²) < 4.78 is 23.0. The summed E-state index contributed by atoms with van der Waals surface area (Å²) in [6, 6.07) is 4.27. The van der Waals surface area contributed by atoms with E-state index in [0.29, 0.717) is 5.69 Å². The second-order valence-electron chi connectivity index (χ2n) is 3.01. The van der Waals surface area contributed by atoms with Crippen LogP contribution in [0.4, 0.5) is 10.1 Å². The summed E-state index contributed by atoms with van der Waals surface area (Å²) in [6.07, 6.45) is 2.95. The third-order valence-electron chi connectivity index (χ3n) is 1.83. The second-order valence-corrected chi connectivity index (χ2v) is 3.01. The van der Waals surface area contributed by atoms with Gasteiger partial charge in [0.2, 0.25) is 0 Å². The number of aromatic nitrogens is 1. The summed E-state index contributed by atoms with van der Waals surface area (Å²) in [6.45, 7) is 0.213. The van der Waals surface area contributed by atoms with E-state index in [0.717, 1.165) is 5.56 Å². The average molecular weight is 208 g/mol. The van der Waals surface area contributed by atoms with E-state index in [1.54, 1.807) is 6.07 Å². The molecule has 1 heterocycles. The summed E-state index contributed by atoms with van der Waals surface area (Å²) >= 11 is 0. The number of hydrogen-bond acceptors (Lipinski definition) is 4. The molecule has 0 aliphatic carbocycles. The second kappa shape index (κ2) is 4.00. The van der Waals surface area contributed by atoms with Crippen molar-refractivity contribution in [2.75, 3.05) is 5.73 Å². The first-order chi connectivity index (χ1) is 7.25. The number of rotatable bonds is 3. The standard InChI is InChI=1S/C10H9FN2O2/c11-9-3-8(12)1-2-10(9)14-5-7-4-13-15-6-7/h1-4,6H,5,12H2. The van der Waals surface area contributed by atoms with Crippen LogP contribution in [0, 0.1) is 5.82 Å². The molecular weight excluding hydrogens is 199 g/mol. The van der Waals surface area contributed by atoms with E-state index < -0.39 is 5.82 Å². The molecule has 0 fully saturated rings. The van der Waals surface area contributed by atoms with Gasteiger partial charge in [0.1, 0.15) is 12.9 Å². The number of nitrogens with zero attached hydrogens (tertiary/aromatic N) is 1. The van der Waals surface area contributed by atoms with Gasteiger partial charge in [-0.3, -0.25) is 0 Å². The Balaban J connectivity index is 2.05. The van der Waals surface area contributed by atoms with Crippen molar-refractivity contribution < 1.29 is 13.7 Å². The summed E-state index contributed by atoms with van der Waals surface area (Å²) in [5, 5.41) is 3.50. The van der Waals surface area contributed by atoms with E-state index in [1.165, 1.54) is 24.6 Å². The average Bonchev–Trinajstić information content (AvgIpc) is 2.69. The molecule has 2 N–H and O–H groups in total. The molecule has 4 nitrogen and oxygen atoms in total. The lowest BCUT2D eigenvalue weighted by atomic mass is 10.3. The van der Waals surface area contributed by atoms with Crippen LogP contribution in [0.15, 0.2) is 35.2 Å². The third kappa shape index (κ3) is 2.25. The highest BCUT2D eigenvalue weighted by Gasteiger charge is 2.04. The molecule has 0 atom stereocenters. The zero-order valence-electron chi connectivity index (χ0n) is 7.81. The van der Waals surface area contributed by atoms with Crippen molar-refractivity contribution in [3.8, 4) is 5.75 Å². The van der Waals surface area contributed by atoms with Crippen molar-refractivity contribution >= 4 is 5.69 Å². The Kier molecular flexibility index (Phi) is 2.53. The van der Waals surface area contributed by atoms with Crippen molar-refractivity contribution in [1.82, 2.24) is 5.16 Å². The van der Waals surface area contributed by atoms with Crippen LogP contribution in [0.3, 0.4) is 0 Å². The molecule has 0 amide bonds. The molecule has 1 aromatic carbocycles. The van der Waals surface area contributed by atoms with Crippen LogP contribution in [-0.4, -0.2) is 5.16 Å². The first-order valence-electron chi connectivity index (χ1n) is 4.32. The van der Waals surface area contributed by atoms with Gasteiger partial charge in [-0.1, -0.05) is 5.16 Å². The smallest absolute Gasteiger partial charge is 0.167 e. The predicted molar refractivity (Wildman–Crippen MR) is 51.6 cm³/mol. The predicted octanol–water partition coefficient (Wildman–Crippen LogP) is 1.97. The SMILES string of the molecule is Nc1ccc(OCc2cnoc2)c(F)c1. The minimum Gasteiger partial charge on any atom is -0.486 e. The maximum Gasteiger partial charge on any atom is 0.167 e. The molecule has 0 radical (unpaired) electrons. The first-order valence-corrected chi connectivity index (χ1v) is 4.32. The zero-order chi connectivity index (χ0) is 10.7. The number of hydrogen-bond donors (Lipinski definition) is 1. The molecule has 2 rings (SSSR count). The Bertz CT molecular complexity index is 443. The monoisotopic (exact) mass is 208 g/mol. The van der Waals surface area contributed by atoms with E-state index in [2.05, 4.69) is 9.68 Å². The first kappa shape index (κ1) is 9.51. The van der Waals surface area contributed by atoms with Crippen LogP contribution < -0.4 is 10.5 Å². The third-order valence-corrected chi connectivity index (χ3v) is 1.83. The minimum atomic E-state index is -0.480. The Labute approximate surface area is 85.4 Å².